The number of hydrogen-bond acceptors (Lipinski definition) is 2. The number of hydrogen-bond donors (Lipinski definition) is 1. The topological polar surface area (TPSA) is 21.3 Å². The third kappa shape index (κ3) is 7.58. The lowest BCUT2D eigenvalue weighted by molar-refractivity contribution is 0.292. The lowest BCUT2D eigenvalue weighted by atomic mass is 10.1. The highest BCUT2D eigenvalue weighted by Gasteiger charge is 2.06. The van der Waals surface area contributed by atoms with Crippen molar-refractivity contribution in [3.05, 3.63) is 28.7 Å². The van der Waals surface area contributed by atoms with Crippen molar-refractivity contribution in [2.24, 2.45) is 0 Å². The van der Waals surface area contributed by atoms with Crippen molar-refractivity contribution >= 4 is 15.9 Å². The van der Waals surface area contributed by atoms with Crippen LogP contribution in [0.2, 0.25) is 0 Å². The number of rotatable bonds is 10. The van der Waals surface area contributed by atoms with Crippen LogP contribution in [0.5, 0.6) is 5.75 Å². The molecule has 1 aromatic carbocycles. The smallest absolute Gasteiger partial charge is 0.120 e. The van der Waals surface area contributed by atoms with Gasteiger partial charge in [-0.15, -0.1) is 0 Å². The molecule has 0 aliphatic heterocycles. The van der Waals surface area contributed by atoms with Gasteiger partial charge in [-0.1, -0.05) is 42.3 Å². The third-order valence-corrected chi connectivity index (χ3v) is 3.58. The molecule has 0 radical (unpaired) electrons. The van der Waals surface area contributed by atoms with Crippen LogP contribution in [0.25, 0.3) is 0 Å². The molecule has 108 valence electrons. The van der Waals surface area contributed by atoms with Crippen molar-refractivity contribution in [2.75, 3.05) is 13.2 Å². The summed E-state index contributed by atoms with van der Waals surface area (Å²) in [6.07, 6.45) is 6.01. The first-order valence-corrected chi connectivity index (χ1v) is 8.17. The Morgan fingerprint density at radius 2 is 2.05 bits per heavy atom. The third-order valence-electron chi connectivity index (χ3n) is 3.08. The molecule has 0 aliphatic rings. The van der Waals surface area contributed by atoms with Crippen molar-refractivity contribution in [3.63, 3.8) is 0 Å². The Morgan fingerprint density at radius 3 is 2.74 bits per heavy atom. The molecule has 19 heavy (non-hydrogen) atoms. The van der Waals surface area contributed by atoms with Crippen molar-refractivity contribution in [2.45, 2.75) is 52.0 Å². The van der Waals surface area contributed by atoms with Crippen molar-refractivity contribution in [1.82, 2.24) is 5.32 Å². The molecule has 1 aromatic rings. The van der Waals surface area contributed by atoms with E-state index in [1.165, 1.54) is 25.7 Å². The van der Waals surface area contributed by atoms with E-state index in [2.05, 4.69) is 35.1 Å². The van der Waals surface area contributed by atoms with Crippen LogP contribution in [0, 0.1) is 0 Å². The van der Waals surface area contributed by atoms with Crippen LogP contribution in [0.3, 0.4) is 0 Å². The van der Waals surface area contributed by atoms with Crippen LogP contribution in [0.15, 0.2) is 28.7 Å². The summed E-state index contributed by atoms with van der Waals surface area (Å²) in [5.41, 5.74) is 0. The molecular weight excluding hydrogens is 302 g/mol. The number of ether oxygens (including phenoxy) is 1. The Kier molecular flexibility index (Phi) is 8.93. The van der Waals surface area contributed by atoms with E-state index >= 15 is 0 Å². The maximum Gasteiger partial charge on any atom is 0.120 e. The Bertz CT molecular complexity index is 343. The summed E-state index contributed by atoms with van der Waals surface area (Å²) in [5.74, 6) is 0.947. The highest BCUT2D eigenvalue weighted by atomic mass is 79.9. The van der Waals surface area contributed by atoms with Gasteiger partial charge in [0.15, 0.2) is 0 Å². The molecule has 0 amide bonds. The van der Waals surface area contributed by atoms with Gasteiger partial charge in [0.25, 0.3) is 0 Å². The number of nitrogens with one attached hydrogen (secondary N) is 1. The predicted octanol–water partition coefficient (Wildman–Crippen LogP) is 4.78. The van der Waals surface area contributed by atoms with Crippen LogP contribution >= 0.6 is 15.9 Å². The summed E-state index contributed by atoms with van der Waals surface area (Å²) >= 11 is 3.45. The van der Waals surface area contributed by atoms with E-state index in [0.29, 0.717) is 6.04 Å². The largest absolute Gasteiger partial charge is 0.494 e. The molecule has 2 nitrogen and oxygen atoms in total. The monoisotopic (exact) mass is 327 g/mol. The Labute approximate surface area is 126 Å². The van der Waals surface area contributed by atoms with Crippen molar-refractivity contribution in [1.29, 1.82) is 0 Å². The Hall–Kier alpha value is -0.540. The van der Waals surface area contributed by atoms with Gasteiger partial charge in [0.05, 0.1) is 6.61 Å². The minimum atomic E-state index is 0.649. The maximum atomic E-state index is 5.76. The molecule has 0 aromatic heterocycles. The summed E-state index contributed by atoms with van der Waals surface area (Å²) in [4.78, 5) is 0. The SMILES string of the molecule is CCCNC(CCC)CCCOc1cccc(Br)c1. The highest BCUT2D eigenvalue weighted by molar-refractivity contribution is 9.10. The zero-order valence-corrected chi connectivity index (χ0v) is 13.7. The van der Waals surface area contributed by atoms with Gasteiger partial charge in [0.1, 0.15) is 5.75 Å². The molecule has 3 heteroatoms. The summed E-state index contributed by atoms with van der Waals surface area (Å²) in [5, 5.41) is 3.62. The van der Waals surface area contributed by atoms with Crippen LogP contribution in [-0.2, 0) is 0 Å². The maximum absolute atomic E-state index is 5.76. The van der Waals surface area contributed by atoms with E-state index in [4.69, 9.17) is 4.74 Å². The van der Waals surface area contributed by atoms with Gasteiger partial charge in [0, 0.05) is 10.5 Å². The molecule has 0 saturated carbocycles. The van der Waals surface area contributed by atoms with Gasteiger partial charge in [-0.25, -0.2) is 0 Å². The van der Waals surface area contributed by atoms with Gasteiger partial charge < -0.3 is 10.1 Å². The van der Waals surface area contributed by atoms with Gasteiger partial charge in [-0.05, 0) is 50.4 Å². The molecule has 0 heterocycles. The fourth-order valence-corrected chi connectivity index (χ4v) is 2.50. The van der Waals surface area contributed by atoms with Crippen LogP contribution in [-0.4, -0.2) is 19.2 Å². The molecule has 1 N–H and O–H groups in total. The molecule has 1 rings (SSSR count). The second-order valence-electron chi connectivity index (χ2n) is 4.89. The van der Waals surface area contributed by atoms with Gasteiger partial charge >= 0.3 is 0 Å². The first-order valence-electron chi connectivity index (χ1n) is 7.38. The highest BCUT2D eigenvalue weighted by Crippen LogP contribution is 2.18. The van der Waals surface area contributed by atoms with E-state index in [1.807, 2.05) is 24.3 Å². The Morgan fingerprint density at radius 1 is 1.21 bits per heavy atom. The average Bonchev–Trinajstić information content (AvgIpc) is 2.41. The molecule has 0 saturated heterocycles. The van der Waals surface area contributed by atoms with Gasteiger partial charge in [-0.2, -0.15) is 0 Å². The predicted molar refractivity (Wildman–Crippen MR) is 85.9 cm³/mol. The standard InChI is InChI=1S/C16H26BrNO/c1-3-7-15(18-11-4-2)9-6-12-19-16-10-5-8-14(17)13-16/h5,8,10,13,15,18H,3-4,6-7,9,11-12H2,1-2H3. The van der Waals surface area contributed by atoms with Crippen LogP contribution in [0.4, 0.5) is 0 Å². The Balaban J connectivity index is 2.20. The normalized spacial score (nSPS) is 12.4. The van der Waals surface area contributed by atoms with Gasteiger partial charge in [-0.3, -0.25) is 0 Å². The van der Waals surface area contributed by atoms with E-state index in [1.54, 1.807) is 0 Å². The van der Waals surface area contributed by atoms with Crippen molar-refractivity contribution in [3.8, 4) is 5.75 Å². The zero-order valence-electron chi connectivity index (χ0n) is 12.1. The molecule has 0 fully saturated rings. The van der Waals surface area contributed by atoms with Gasteiger partial charge in [0.2, 0.25) is 0 Å². The fraction of sp³-hybridized carbons (Fsp3) is 0.625. The molecule has 1 unspecified atom stereocenters. The van der Waals surface area contributed by atoms with Crippen molar-refractivity contribution < 1.29 is 4.74 Å². The van der Waals surface area contributed by atoms with E-state index in [9.17, 15) is 0 Å². The second kappa shape index (κ2) is 10.3. The number of benzene rings is 1. The summed E-state index contributed by atoms with van der Waals surface area (Å²) < 4.78 is 6.83. The lowest BCUT2D eigenvalue weighted by Crippen LogP contribution is -2.30. The summed E-state index contributed by atoms with van der Waals surface area (Å²) in [6.45, 7) is 6.38. The van der Waals surface area contributed by atoms with E-state index < -0.39 is 0 Å². The quantitative estimate of drug-likeness (QED) is 0.624. The molecular formula is C16H26BrNO. The first-order chi connectivity index (χ1) is 9.26. The van der Waals surface area contributed by atoms with E-state index in [0.717, 1.165) is 29.8 Å². The zero-order chi connectivity index (χ0) is 13.9. The molecule has 0 aliphatic carbocycles. The fourth-order valence-electron chi connectivity index (χ4n) is 2.12. The summed E-state index contributed by atoms with van der Waals surface area (Å²) in [7, 11) is 0. The van der Waals surface area contributed by atoms with Crippen LogP contribution < -0.4 is 10.1 Å². The van der Waals surface area contributed by atoms with Crippen LogP contribution in [0.1, 0.15) is 46.0 Å². The number of halogens is 1. The molecule has 1 atom stereocenters. The average molecular weight is 328 g/mol. The minimum Gasteiger partial charge on any atom is -0.494 e. The lowest BCUT2D eigenvalue weighted by Gasteiger charge is -2.17. The van der Waals surface area contributed by atoms with E-state index in [-0.39, 0.29) is 0 Å². The second-order valence-corrected chi connectivity index (χ2v) is 5.80. The summed E-state index contributed by atoms with van der Waals surface area (Å²) in [6, 6.07) is 8.68. The molecule has 0 spiro atoms. The first kappa shape index (κ1) is 16.5. The molecule has 0 bridgehead atoms. The minimum absolute atomic E-state index is 0.649.